The highest BCUT2D eigenvalue weighted by atomic mass is 32.2. The van der Waals surface area contributed by atoms with Crippen LogP contribution in [-0.4, -0.2) is 69.5 Å². The van der Waals surface area contributed by atoms with Crippen LogP contribution >= 0.6 is 0 Å². The van der Waals surface area contributed by atoms with Crippen molar-refractivity contribution in [1.29, 1.82) is 0 Å². The van der Waals surface area contributed by atoms with Gasteiger partial charge in [0.2, 0.25) is 0 Å². The van der Waals surface area contributed by atoms with Crippen molar-refractivity contribution in [3.05, 3.63) is 0 Å². The molecule has 1 unspecified atom stereocenters. The third-order valence-electron chi connectivity index (χ3n) is 5.03. The largest absolute Gasteiger partial charge is 0.314 e. The minimum Gasteiger partial charge on any atom is -0.314 e. The molecule has 3 aliphatic heterocycles. The lowest BCUT2D eigenvalue weighted by molar-refractivity contribution is 0.0820. The molecule has 1 saturated carbocycles. The van der Waals surface area contributed by atoms with Gasteiger partial charge in [-0.2, -0.15) is 17.4 Å². The van der Waals surface area contributed by atoms with E-state index in [1.165, 1.54) is 17.1 Å². The van der Waals surface area contributed by atoms with Crippen molar-refractivity contribution in [2.45, 2.75) is 44.2 Å². The van der Waals surface area contributed by atoms with Crippen LogP contribution in [0.2, 0.25) is 0 Å². The molecule has 0 spiro atoms. The maximum absolute atomic E-state index is 12.4. The van der Waals surface area contributed by atoms with Gasteiger partial charge in [0.15, 0.2) is 0 Å². The second kappa shape index (κ2) is 6.50. The van der Waals surface area contributed by atoms with E-state index in [1.54, 1.807) is 7.05 Å². The first-order chi connectivity index (χ1) is 10.0. The molecule has 0 aromatic heterocycles. The van der Waals surface area contributed by atoms with E-state index in [0.717, 1.165) is 45.4 Å². The van der Waals surface area contributed by atoms with Crippen LogP contribution in [0, 0.1) is 5.92 Å². The molecule has 1 atom stereocenters. The molecule has 3 heterocycles. The van der Waals surface area contributed by atoms with E-state index in [2.05, 4.69) is 14.9 Å². The second-order valence-corrected chi connectivity index (χ2v) is 8.58. The van der Waals surface area contributed by atoms with Crippen LogP contribution in [0.5, 0.6) is 0 Å². The van der Waals surface area contributed by atoms with Crippen LogP contribution in [0.3, 0.4) is 0 Å². The molecule has 0 aromatic rings. The van der Waals surface area contributed by atoms with Crippen LogP contribution in [0.25, 0.3) is 0 Å². The summed E-state index contributed by atoms with van der Waals surface area (Å²) in [6, 6.07) is 0.793. The quantitative estimate of drug-likeness (QED) is 0.618. The molecule has 4 rings (SSSR count). The first-order valence-corrected chi connectivity index (χ1v) is 9.68. The van der Waals surface area contributed by atoms with Gasteiger partial charge in [0.25, 0.3) is 10.2 Å². The molecular formula is C14H28N4O2S. The van der Waals surface area contributed by atoms with Crippen molar-refractivity contribution in [3.8, 4) is 0 Å². The van der Waals surface area contributed by atoms with Crippen molar-refractivity contribution in [2.75, 3.05) is 39.8 Å². The van der Waals surface area contributed by atoms with E-state index < -0.39 is 10.2 Å². The van der Waals surface area contributed by atoms with Gasteiger partial charge in [0.1, 0.15) is 0 Å². The Kier molecular flexibility index (Phi) is 4.85. The fourth-order valence-corrected chi connectivity index (χ4v) is 4.59. The van der Waals surface area contributed by atoms with Gasteiger partial charge in [0.05, 0.1) is 0 Å². The van der Waals surface area contributed by atoms with Gasteiger partial charge in [-0.15, -0.1) is 0 Å². The molecule has 21 heavy (non-hydrogen) atoms. The number of hydrogen-bond donors (Lipinski definition) is 2. The minimum absolute atomic E-state index is 0.101. The molecular weight excluding hydrogens is 288 g/mol. The van der Waals surface area contributed by atoms with Gasteiger partial charge >= 0.3 is 0 Å². The summed E-state index contributed by atoms with van der Waals surface area (Å²) in [5.41, 5.74) is 0. The van der Waals surface area contributed by atoms with Gasteiger partial charge in [-0.3, -0.25) is 0 Å². The summed E-state index contributed by atoms with van der Waals surface area (Å²) < 4.78 is 29.2. The van der Waals surface area contributed by atoms with Crippen LogP contribution in [0.4, 0.5) is 0 Å². The zero-order valence-electron chi connectivity index (χ0n) is 12.9. The molecule has 0 aromatic carbocycles. The monoisotopic (exact) mass is 316 g/mol. The fraction of sp³-hybridized carbons (Fsp3) is 1.00. The van der Waals surface area contributed by atoms with Gasteiger partial charge in [0, 0.05) is 32.2 Å². The summed E-state index contributed by atoms with van der Waals surface area (Å²) in [6.07, 6.45) is 5.67. The number of rotatable bonds is 8. The minimum atomic E-state index is -3.34. The average molecular weight is 316 g/mol. The zero-order valence-corrected chi connectivity index (χ0v) is 13.7. The summed E-state index contributed by atoms with van der Waals surface area (Å²) in [6.45, 7) is 4.62. The molecule has 2 N–H and O–H groups in total. The standard InChI is InChI=1S/C14H28N4O2S/c1-17(8-2-7-15-13-3-4-13)21(19,20)16-14-11-18-9-5-12(14)6-10-18/h12-16H,2-11H2,1H3. The summed E-state index contributed by atoms with van der Waals surface area (Å²) >= 11 is 0. The maximum atomic E-state index is 12.4. The van der Waals surface area contributed by atoms with Crippen LogP contribution in [-0.2, 0) is 10.2 Å². The van der Waals surface area contributed by atoms with Gasteiger partial charge in [-0.1, -0.05) is 0 Å². The van der Waals surface area contributed by atoms with E-state index in [0.29, 0.717) is 18.5 Å². The van der Waals surface area contributed by atoms with Crippen molar-refractivity contribution >= 4 is 10.2 Å². The van der Waals surface area contributed by atoms with E-state index in [-0.39, 0.29) is 6.04 Å². The molecule has 6 nitrogen and oxygen atoms in total. The number of piperidine rings is 3. The summed E-state index contributed by atoms with van der Waals surface area (Å²) in [4.78, 5) is 2.37. The highest BCUT2D eigenvalue weighted by Gasteiger charge is 2.36. The topological polar surface area (TPSA) is 64.7 Å². The van der Waals surface area contributed by atoms with Gasteiger partial charge in [-0.05, 0) is 57.7 Å². The molecule has 0 radical (unpaired) electrons. The Bertz CT molecular complexity index is 444. The molecule has 7 heteroatoms. The van der Waals surface area contributed by atoms with Crippen molar-refractivity contribution < 1.29 is 8.42 Å². The predicted molar refractivity (Wildman–Crippen MR) is 83.3 cm³/mol. The fourth-order valence-electron chi connectivity index (χ4n) is 3.40. The third kappa shape index (κ3) is 4.16. The highest BCUT2D eigenvalue weighted by molar-refractivity contribution is 7.87. The molecule has 2 bridgehead atoms. The lowest BCUT2D eigenvalue weighted by atomic mass is 9.85. The maximum Gasteiger partial charge on any atom is 0.279 e. The van der Waals surface area contributed by atoms with Crippen molar-refractivity contribution in [1.82, 2.24) is 19.2 Å². The Hall–Kier alpha value is -0.210. The smallest absolute Gasteiger partial charge is 0.279 e. The van der Waals surface area contributed by atoms with Gasteiger partial charge in [-0.25, -0.2) is 0 Å². The Morgan fingerprint density at radius 2 is 1.90 bits per heavy atom. The van der Waals surface area contributed by atoms with E-state index in [1.807, 2.05) is 0 Å². The third-order valence-corrected chi connectivity index (χ3v) is 6.63. The Morgan fingerprint density at radius 3 is 2.48 bits per heavy atom. The predicted octanol–water partition coefficient (Wildman–Crippen LogP) is -0.0111. The number of nitrogens with one attached hydrogen (secondary N) is 2. The van der Waals surface area contributed by atoms with Gasteiger partial charge < -0.3 is 10.2 Å². The van der Waals surface area contributed by atoms with Crippen molar-refractivity contribution in [3.63, 3.8) is 0 Å². The Morgan fingerprint density at radius 1 is 1.19 bits per heavy atom. The first-order valence-electron chi connectivity index (χ1n) is 8.24. The number of nitrogens with zero attached hydrogens (tertiary/aromatic N) is 2. The number of fused-ring (bicyclic) bond motifs is 3. The normalized spacial score (nSPS) is 32.8. The molecule has 0 amide bonds. The van der Waals surface area contributed by atoms with Crippen LogP contribution in [0.15, 0.2) is 0 Å². The molecule has 4 fully saturated rings. The molecule has 3 saturated heterocycles. The highest BCUT2D eigenvalue weighted by Crippen LogP contribution is 2.28. The SMILES string of the molecule is CN(CCCNC1CC1)S(=O)(=O)NC1CN2CCC1CC2. The molecule has 4 aliphatic rings. The Labute approximate surface area is 128 Å². The second-order valence-electron chi connectivity index (χ2n) is 6.77. The summed E-state index contributed by atoms with van der Waals surface area (Å²) in [5.74, 6) is 0.523. The number of hydrogen-bond acceptors (Lipinski definition) is 4. The lowest BCUT2D eigenvalue weighted by Gasteiger charge is -2.45. The lowest BCUT2D eigenvalue weighted by Crippen LogP contribution is -2.58. The summed E-state index contributed by atoms with van der Waals surface area (Å²) in [5, 5.41) is 3.42. The van der Waals surface area contributed by atoms with E-state index in [4.69, 9.17) is 0 Å². The Balaban J connectivity index is 1.43. The summed E-state index contributed by atoms with van der Waals surface area (Å²) in [7, 11) is -1.66. The average Bonchev–Trinajstić information content (AvgIpc) is 3.28. The van der Waals surface area contributed by atoms with Crippen LogP contribution < -0.4 is 10.0 Å². The first kappa shape index (κ1) is 15.7. The zero-order chi connectivity index (χ0) is 14.9. The van der Waals surface area contributed by atoms with Crippen LogP contribution in [0.1, 0.15) is 32.1 Å². The van der Waals surface area contributed by atoms with E-state index in [9.17, 15) is 8.42 Å². The molecule has 122 valence electrons. The van der Waals surface area contributed by atoms with Crippen molar-refractivity contribution in [2.24, 2.45) is 5.92 Å². The molecule has 1 aliphatic carbocycles. The van der Waals surface area contributed by atoms with E-state index >= 15 is 0 Å².